The van der Waals surface area contributed by atoms with E-state index in [0.29, 0.717) is 12.8 Å². The van der Waals surface area contributed by atoms with Crippen molar-refractivity contribution in [3.05, 3.63) is 41.2 Å². The summed E-state index contributed by atoms with van der Waals surface area (Å²) in [7, 11) is 1.79. The molecule has 108 valence electrons. The molecule has 0 aliphatic rings. The van der Waals surface area contributed by atoms with Crippen LogP contribution < -0.4 is 0 Å². The molecular formula is C15H20N2O3. The van der Waals surface area contributed by atoms with E-state index in [2.05, 4.69) is 5.16 Å². The Morgan fingerprint density at radius 1 is 1.45 bits per heavy atom. The minimum Gasteiger partial charge on any atom is -0.467 e. The smallest absolute Gasteiger partial charge is 0.223 e. The summed E-state index contributed by atoms with van der Waals surface area (Å²) in [4.78, 5) is 13.9. The monoisotopic (exact) mass is 276 g/mol. The van der Waals surface area contributed by atoms with E-state index in [-0.39, 0.29) is 11.9 Å². The maximum absolute atomic E-state index is 12.2. The number of nitrogens with zero attached hydrogens (tertiary/aromatic N) is 2. The van der Waals surface area contributed by atoms with Gasteiger partial charge in [0.15, 0.2) is 0 Å². The predicted molar refractivity (Wildman–Crippen MR) is 74.2 cm³/mol. The Morgan fingerprint density at radius 2 is 2.20 bits per heavy atom. The molecule has 1 unspecified atom stereocenters. The molecular weight excluding hydrogens is 256 g/mol. The van der Waals surface area contributed by atoms with E-state index in [0.717, 1.165) is 22.8 Å². The minimum atomic E-state index is -0.0674. The van der Waals surface area contributed by atoms with Gasteiger partial charge in [-0.25, -0.2) is 0 Å². The third-order valence-electron chi connectivity index (χ3n) is 3.70. The summed E-state index contributed by atoms with van der Waals surface area (Å²) >= 11 is 0. The molecule has 0 aromatic carbocycles. The van der Waals surface area contributed by atoms with E-state index in [1.54, 1.807) is 18.2 Å². The number of carbonyl (C=O) groups is 1. The van der Waals surface area contributed by atoms with Gasteiger partial charge in [-0.1, -0.05) is 5.16 Å². The van der Waals surface area contributed by atoms with Crippen molar-refractivity contribution in [2.75, 3.05) is 7.05 Å². The molecule has 2 aromatic heterocycles. The van der Waals surface area contributed by atoms with Crippen LogP contribution in [0.5, 0.6) is 0 Å². The Bertz CT molecular complexity index is 552. The second-order valence-corrected chi connectivity index (χ2v) is 5.00. The number of aromatic nitrogens is 1. The Balaban J connectivity index is 1.95. The molecule has 0 fully saturated rings. The van der Waals surface area contributed by atoms with Crippen molar-refractivity contribution in [2.45, 2.75) is 39.7 Å². The normalized spacial score (nSPS) is 12.4. The maximum Gasteiger partial charge on any atom is 0.223 e. The average Bonchev–Trinajstić information content (AvgIpc) is 3.06. The number of rotatable bonds is 5. The van der Waals surface area contributed by atoms with Gasteiger partial charge in [-0.05, 0) is 39.3 Å². The van der Waals surface area contributed by atoms with E-state index in [4.69, 9.17) is 8.94 Å². The Labute approximate surface area is 118 Å². The average molecular weight is 276 g/mol. The van der Waals surface area contributed by atoms with Gasteiger partial charge < -0.3 is 13.8 Å². The summed E-state index contributed by atoms with van der Waals surface area (Å²) < 4.78 is 10.4. The molecule has 0 N–H and O–H groups in total. The fraction of sp³-hybridized carbons (Fsp3) is 0.467. The van der Waals surface area contributed by atoms with Crippen molar-refractivity contribution in [3.63, 3.8) is 0 Å². The lowest BCUT2D eigenvalue weighted by molar-refractivity contribution is -0.132. The second-order valence-electron chi connectivity index (χ2n) is 5.00. The van der Waals surface area contributed by atoms with Crippen molar-refractivity contribution < 1.29 is 13.7 Å². The fourth-order valence-corrected chi connectivity index (χ4v) is 2.20. The molecule has 0 saturated carbocycles. The molecule has 0 spiro atoms. The van der Waals surface area contributed by atoms with Gasteiger partial charge in [0.05, 0.1) is 18.0 Å². The van der Waals surface area contributed by atoms with E-state index < -0.39 is 0 Å². The molecule has 1 amide bonds. The van der Waals surface area contributed by atoms with Gasteiger partial charge in [-0.3, -0.25) is 4.79 Å². The third kappa shape index (κ3) is 2.92. The Hall–Kier alpha value is -2.04. The van der Waals surface area contributed by atoms with E-state index in [1.165, 1.54) is 0 Å². The number of hydrogen-bond donors (Lipinski definition) is 0. The highest BCUT2D eigenvalue weighted by molar-refractivity contribution is 5.76. The number of amides is 1. The second kappa shape index (κ2) is 5.94. The molecule has 2 heterocycles. The number of aryl methyl sites for hydroxylation is 2. The molecule has 0 bridgehead atoms. The zero-order chi connectivity index (χ0) is 14.7. The Morgan fingerprint density at radius 3 is 2.75 bits per heavy atom. The SMILES string of the molecule is Cc1noc(C)c1CCC(=O)N(C)C(C)c1ccco1. The molecule has 2 aromatic rings. The van der Waals surface area contributed by atoms with Crippen LogP contribution in [0.1, 0.15) is 42.2 Å². The highest BCUT2D eigenvalue weighted by Gasteiger charge is 2.20. The van der Waals surface area contributed by atoms with Crippen molar-refractivity contribution in [2.24, 2.45) is 0 Å². The highest BCUT2D eigenvalue weighted by Crippen LogP contribution is 2.21. The largest absolute Gasteiger partial charge is 0.467 e. The first-order chi connectivity index (χ1) is 9.50. The summed E-state index contributed by atoms with van der Waals surface area (Å²) in [6.45, 7) is 5.72. The molecule has 0 saturated heterocycles. The zero-order valence-electron chi connectivity index (χ0n) is 12.3. The fourth-order valence-electron chi connectivity index (χ4n) is 2.20. The number of furan rings is 1. The molecule has 0 aliphatic carbocycles. The quantitative estimate of drug-likeness (QED) is 0.842. The molecule has 2 rings (SSSR count). The summed E-state index contributed by atoms with van der Waals surface area (Å²) in [5, 5.41) is 3.90. The van der Waals surface area contributed by atoms with Crippen LogP contribution in [-0.4, -0.2) is 23.0 Å². The van der Waals surface area contributed by atoms with E-state index in [9.17, 15) is 4.79 Å². The van der Waals surface area contributed by atoms with Crippen LogP contribution in [-0.2, 0) is 11.2 Å². The predicted octanol–water partition coefficient (Wildman–Crippen LogP) is 3.04. The molecule has 1 atom stereocenters. The van der Waals surface area contributed by atoms with Crippen molar-refractivity contribution in [3.8, 4) is 0 Å². The first-order valence-corrected chi connectivity index (χ1v) is 6.71. The van der Waals surface area contributed by atoms with Crippen LogP contribution in [0.3, 0.4) is 0 Å². The van der Waals surface area contributed by atoms with Crippen LogP contribution in [0.2, 0.25) is 0 Å². The topological polar surface area (TPSA) is 59.5 Å². The van der Waals surface area contributed by atoms with Gasteiger partial charge in [0, 0.05) is 19.0 Å². The van der Waals surface area contributed by atoms with Crippen LogP contribution >= 0.6 is 0 Å². The van der Waals surface area contributed by atoms with Crippen LogP contribution in [0.25, 0.3) is 0 Å². The third-order valence-corrected chi connectivity index (χ3v) is 3.70. The molecule has 0 aliphatic heterocycles. The molecule has 5 nitrogen and oxygen atoms in total. The van der Waals surface area contributed by atoms with Crippen LogP contribution in [0.15, 0.2) is 27.3 Å². The summed E-state index contributed by atoms with van der Waals surface area (Å²) in [5.74, 6) is 1.66. The van der Waals surface area contributed by atoms with Crippen molar-refractivity contribution in [1.29, 1.82) is 0 Å². The maximum atomic E-state index is 12.2. The van der Waals surface area contributed by atoms with Crippen LogP contribution in [0, 0.1) is 13.8 Å². The Kier molecular flexibility index (Phi) is 4.27. The standard InChI is InChI=1S/C15H20N2O3/c1-10-13(12(3)20-16-10)7-8-15(18)17(4)11(2)14-6-5-9-19-14/h5-6,9,11H,7-8H2,1-4H3. The lowest BCUT2D eigenvalue weighted by atomic mass is 10.1. The number of hydrogen-bond acceptors (Lipinski definition) is 4. The lowest BCUT2D eigenvalue weighted by Crippen LogP contribution is -2.29. The lowest BCUT2D eigenvalue weighted by Gasteiger charge is -2.23. The van der Waals surface area contributed by atoms with Gasteiger partial charge in [0.25, 0.3) is 0 Å². The van der Waals surface area contributed by atoms with Crippen molar-refractivity contribution >= 4 is 5.91 Å². The summed E-state index contributed by atoms with van der Waals surface area (Å²) in [6, 6.07) is 3.64. The number of carbonyl (C=O) groups excluding carboxylic acids is 1. The van der Waals surface area contributed by atoms with Gasteiger partial charge in [0.1, 0.15) is 11.5 Å². The molecule has 5 heteroatoms. The van der Waals surface area contributed by atoms with Crippen LogP contribution in [0.4, 0.5) is 0 Å². The van der Waals surface area contributed by atoms with E-state index >= 15 is 0 Å². The van der Waals surface area contributed by atoms with Gasteiger partial charge in [-0.15, -0.1) is 0 Å². The van der Waals surface area contributed by atoms with Gasteiger partial charge >= 0.3 is 0 Å². The first kappa shape index (κ1) is 14.4. The highest BCUT2D eigenvalue weighted by atomic mass is 16.5. The molecule has 0 radical (unpaired) electrons. The zero-order valence-corrected chi connectivity index (χ0v) is 12.3. The van der Waals surface area contributed by atoms with Crippen molar-refractivity contribution in [1.82, 2.24) is 10.1 Å². The van der Waals surface area contributed by atoms with Gasteiger partial charge in [0.2, 0.25) is 5.91 Å². The minimum absolute atomic E-state index is 0.0674. The summed E-state index contributed by atoms with van der Waals surface area (Å²) in [5.41, 5.74) is 1.88. The first-order valence-electron chi connectivity index (χ1n) is 6.71. The van der Waals surface area contributed by atoms with Gasteiger partial charge in [-0.2, -0.15) is 0 Å². The van der Waals surface area contributed by atoms with E-state index in [1.807, 2.05) is 32.9 Å². The summed E-state index contributed by atoms with van der Waals surface area (Å²) in [6.07, 6.45) is 2.70. The molecule has 20 heavy (non-hydrogen) atoms.